The summed E-state index contributed by atoms with van der Waals surface area (Å²) in [5.74, 6) is -8.06. The minimum Gasteiger partial charge on any atom is -0.475 e. The van der Waals surface area contributed by atoms with Crippen molar-refractivity contribution >= 4 is 52.5 Å². The second-order valence-corrected chi connectivity index (χ2v) is 12.7. The van der Waals surface area contributed by atoms with E-state index in [0.29, 0.717) is 50.2 Å². The molecule has 26 heteroatoms. The van der Waals surface area contributed by atoms with Crippen LogP contribution in [0.4, 0.5) is 39.5 Å². The Morgan fingerprint density at radius 3 is 1.70 bits per heavy atom. The fourth-order valence-electron chi connectivity index (χ4n) is 4.30. The summed E-state index contributed by atoms with van der Waals surface area (Å²) in [5.41, 5.74) is 15.2. The number of carboxylic acid groups (broad SMARTS) is 3. The number of ether oxygens (including phenoxy) is 2. The van der Waals surface area contributed by atoms with Gasteiger partial charge >= 0.3 is 36.4 Å². The highest BCUT2D eigenvalue weighted by atomic mass is 35.5. The molecule has 7 N–H and O–H groups in total. The van der Waals surface area contributed by atoms with Gasteiger partial charge in [-0.2, -0.15) is 39.5 Å². The second-order valence-electron chi connectivity index (χ2n) is 11.1. The summed E-state index contributed by atoms with van der Waals surface area (Å²) in [5, 5.41) is 31.8. The van der Waals surface area contributed by atoms with Crippen molar-refractivity contribution < 1.29 is 83.5 Å². The number of primary amides is 1. The number of hydrogen-bond donors (Lipinski definition) is 5. The molecule has 1 aromatic carbocycles. The molecule has 1 unspecified atom stereocenters. The summed E-state index contributed by atoms with van der Waals surface area (Å²) in [6.07, 6.45) is -14.9. The minimum absolute atomic E-state index is 0.328. The number of halogens is 10. The van der Waals surface area contributed by atoms with E-state index >= 15 is 0 Å². The van der Waals surface area contributed by atoms with Gasteiger partial charge in [-0.05, 0) is 44.9 Å². The van der Waals surface area contributed by atoms with Gasteiger partial charge in [0.15, 0.2) is 5.82 Å². The number of nitrogens with two attached hydrogens (primary N) is 2. The Balaban J connectivity index is 0.000000632. The number of carbonyl (C=O) groups excluding carboxylic acids is 1. The zero-order chi connectivity index (χ0) is 44.1. The van der Waals surface area contributed by atoms with Crippen LogP contribution in [0.15, 0.2) is 29.3 Å². The first-order valence-corrected chi connectivity index (χ1v) is 16.8. The smallest absolute Gasteiger partial charge is 0.475 e. The number of aliphatic imine (C=N–C) groups is 1. The SMILES string of the molecule is Cc1sc2c(c1C)C(c1ccc(Cl)cc1)=N[C@@H](C(CCOCCOCCN)C(N)=O)c1nnc(C)n1-2.O=C(O)C(F)(F)F.O=C(O)C(F)(F)F.O=C(O)C(F)(F)F. The van der Waals surface area contributed by atoms with Crippen molar-refractivity contribution in [1.29, 1.82) is 0 Å². The molecular weight excluding hydrogens is 839 g/mol. The Labute approximate surface area is 325 Å². The molecular formula is C31H34ClF9N6O9S. The Morgan fingerprint density at radius 1 is 0.825 bits per heavy atom. The van der Waals surface area contributed by atoms with Gasteiger partial charge in [0.2, 0.25) is 5.91 Å². The number of hydrogen-bond acceptors (Lipinski definition) is 11. The molecule has 4 rings (SSSR count). The Hall–Kier alpha value is -4.85. The maximum Gasteiger partial charge on any atom is 0.490 e. The van der Waals surface area contributed by atoms with Gasteiger partial charge in [-0.15, -0.1) is 21.5 Å². The molecule has 3 aromatic rings. The van der Waals surface area contributed by atoms with Crippen LogP contribution in [0, 0.1) is 26.7 Å². The van der Waals surface area contributed by atoms with E-state index in [2.05, 4.69) is 24.0 Å². The molecule has 318 valence electrons. The summed E-state index contributed by atoms with van der Waals surface area (Å²) in [6.45, 7) is 8.19. The van der Waals surface area contributed by atoms with Crippen LogP contribution >= 0.6 is 22.9 Å². The average Bonchev–Trinajstić information content (AvgIpc) is 3.56. The molecule has 0 spiro atoms. The largest absolute Gasteiger partial charge is 0.490 e. The number of carbonyl (C=O) groups is 4. The third kappa shape index (κ3) is 15.5. The van der Waals surface area contributed by atoms with Gasteiger partial charge in [0.05, 0.1) is 31.5 Å². The van der Waals surface area contributed by atoms with Crippen LogP contribution in [0.25, 0.3) is 5.00 Å². The first kappa shape index (κ1) is 50.2. The lowest BCUT2D eigenvalue weighted by Crippen LogP contribution is -2.31. The van der Waals surface area contributed by atoms with Crippen LogP contribution in [-0.4, -0.2) is 111 Å². The number of aryl methyl sites for hydroxylation is 2. The minimum atomic E-state index is -5.08. The molecule has 0 bridgehead atoms. The zero-order valence-corrected chi connectivity index (χ0v) is 31.2. The molecule has 0 saturated carbocycles. The van der Waals surface area contributed by atoms with Gasteiger partial charge in [-0.25, -0.2) is 14.4 Å². The fourth-order valence-corrected chi connectivity index (χ4v) is 5.64. The van der Waals surface area contributed by atoms with E-state index in [1.807, 2.05) is 35.8 Å². The molecule has 15 nitrogen and oxygen atoms in total. The van der Waals surface area contributed by atoms with Gasteiger partial charge in [-0.3, -0.25) is 14.4 Å². The van der Waals surface area contributed by atoms with Crippen LogP contribution < -0.4 is 11.5 Å². The van der Waals surface area contributed by atoms with Gasteiger partial charge in [0, 0.05) is 34.2 Å². The lowest BCUT2D eigenvalue weighted by Gasteiger charge is -2.21. The van der Waals surface area contributed by atoms with Crippen molar-refractivity contribution in [2.75, 3.05) is 33.0 Å². The lowest BCUT2D eigenvalue weighted by atomic mass is 9.94. The predicted octanol–water partition coefficient (Wildman–Crippen LogP) is 5.18. The molecule has 2 atom stereocenters. The summed E-state index contributed by atoms with van der Waals surface area (Å²) in [7, 11) is 0. The molecule has 0 saturated heterocycles. The van der Waals surface area contributed by atoms with Crippen molar-refractivity contribution in [3.8, 4) is 5.00 Å². The number of nitrogens with zero attached hydrogens (tertiary/aromatic N) is 4. The van der Waals surface area contributed by atoms with Crippen LogP contribution in [0.3, 0.4) is 0 Å². The maximum atomic E-state index is 12.7. The molecule has 1 amide bonds. The molecule has 1 aliphatic heterocycles. The van der Waals surface area contributed by atoms with Gasteiger partial charge in [-0.1, -0.05) is 23.7 Å². The number of fused-ring (bicyclic) bond motifs is 3. The molecule has 0 aliphatic carbocycles. The number of amides is 1. The number of aliphatic carboxylic acids is 3. The van der Waals surface area contributed by atoms with E-state index in [-0.39, 0.29) is 0 Å². The van der Waals surface area contributed by atoms with Crippen molar-refractivity contribution in [3.05, 3.63) is 62.5 Å². The maximum absolute atomic E-state index is 12.7. The summed E-state index contributed by atoms with van der Waals surface area (Å²) in [6, 6.07) is 6.93. The van der Waals surface area contributed by atoms with Crippen molar-refractivity contribution in [2.45, 2.75) is 51.8 Å². The second kappa shape index (κ2) is 21.6. The van der Waals surface area contributed by atoms with E-state index in [1.165, 1.54) is 4.88 Å². The fraction of sp³-hybridized carbons (Fsp3) is 0.452. The highest BCUT2D eigenvalue weighted by Gasteiger charge is 2.40. The van der Waals surface area contributed by atoms with E-state index in [4.69, 9.17) is 67.2 Å². The van der Waals surface area contributed by atoms with Crippen molar-refractivity contribution in [3.63, 3.8) is 0 Å². The van der Waals surface area contributed by atoms with Crippen molar-refractivity contribution in [1.82, 2.24) is 14.8 Å². The van der Waals surface area contributed by atoms with Crippen LogP contribution in [0.2, 0.25) is 5.02 Å². The van der Waals surface area contributed by atoms with E-state index in [0.717, 1.165) is 33.2 Å². The molecule has 3 heterocycles. The summed E-state index contributed by atoms with van der Waals surface area (Å²) < 4.78 is 108. The topological polar surface area (TPSA) is 243 Å². The number of benzene rings is 1. The number of carboxylic acids is 3. The first-order chi connectivity index (χ1) is 26.2. The molecule has 57 heavy (non-hydrogen) atoms. The highest BCUT2D eigenvalue weighted by molar-refractivity contribution is 7.15. The average molecular weight is 873 g/mol. The van der Waals surface area contributed by atoms with Gasteiger partial charge < -0.3 is 36.3 Å². The quantitative estimate of drug-likeness (QED) is 0.124. The van der Waals surface area contributed by atoms with Crippen LogP contribution in [0.1, 0.15) is 45.7 Å². The van der Waals surface area contributed by atoms with Crippen molar-refractivity contribution in [2.24, 2.45) is 22.4 Å². The normalized spacial score (nSPS) is 14.1. The highest BCUT2D eigenvalue weighted by Crippen LogP contribution is 2.41. The van der Waals surface area contributed by atoms with E-state index in [1.54, 1.807) is 11.3 Å². The Bertz CT molecular complexity index is 1810. The third-order valence-corrected chi connectivity index (χ3v) is 8.43. The van der Waals surface area contributed by atoms with Crippen LogP contribution in [-0.2, 0) is 28.7 Å². The summed E-state index contributed by atoms with van der Waals surface area (Å²) >= 11 is 7.83. The predicted molar refractivity (Wildman–Crippen MR) is 182 cm³/mol. The molecule has 0 radical (unpaired) electrons. The van der Waals surface area contributed by atoms with E-state index < -0.39 is 54.3 Å². The Kier molecular flexibility index (Phi) is 19.0. The zero-order valence-electron chi connectivity index (χ0n) is 29.6. The summed E-state index contributed by atoms with van der Waals surface area (Å²) in [4.78, 5) is 45.8. The van der Waals surface area contributed by atoms with Crippen LogP contribution in [0.5, 0.6) is 0 Å². The van der Waals surface area contributed by atoms with Gasteiger partial charge in [0.1, 0.15) is 16.9 Å². The lowest BCUT2D eigenvalue weighted by molar-refractivity contribution is -0.193. The van der Waals surface area contributed by atoms with Gasteiger partial charge in [0.25, 0.3) is 0 Å². The monoisotopic (exact) mass is 872 g/mol. The number of aromatic nitrogens is 3. The standard InChI is InChI=1S/C25H31ClN6O3S.3C2HF3O2/c1-14-15(2)36-25-20(14)21(17-4-6-18(26)7-5-17)29-22(24-31-30-16(3)32(24)25)19(23(28)33)8-10-34-12-13-35-11-9-27;3*3-2(4,5)1(6)7/h4-7,19,22H,8-13,27H2,1-3H3,(H2,28,33);3*(H,6,7)/t19?,22-;;;/m0.../s1. The Morgan fingerprint density at radius 2 is 1.28 bits per heavy atom. The molecule has 0 fully saturated rings. The van der Waals surface area contributed by atoms with E-state index in [9.17, 15) is 44.3 Å². The number of alkyl halides is 9. The molecule has 2 aromatic heterocycles. The number of rotatable bonds is 11. The number of thiophene rings is 1. The molecule has 1 aliphatic rings. The third-order valence-electron chi connectivity index (χ3n) is 6.99. The first-order valence-electron chi connectivity index (χ1n) is 15.6.